The van der Waals surface area contributed by atoms with Crippen molar-refractivity contribution in [2.45, 2.75) is 13.8 Å². The average molecular weight is 216 g/mol. The number of hydrogen-bond acceptors (Lipinski definition) is 2. The number of aryl methyl sites for hydroxylation is 1. The topological polar surface area (TPSA) is 65.1 Å². The molecule has 1 aromatic carbocycles. The van der Waals surface area contributed by atoms with Gasteiger partial charge in [0.25, 0.3) is 5.56 Å². The van der Waals surface area contributed by atoms with E-state index < -0.39 is 6.03 Å². The number of aromatic nitrogens is 1. The maximum Gasteiger partial charge on any atom is 0.326 e. The summed E-state index contributed by atoms with van der Waals surface area (Å²) >= 11 is 0. The van der Waals surface area contributed by atoms with Crippen LogP contribution in [0.3, 0.4) is 0 Å². The van der Waals surface area contributed by atoms with Gasteiger partial charge in [-0.05, 0) is 30.9 Å². The summed E-state index contributed by atoms with van der Waals surface area (Å²) in [4.78, 5) is 23.2. The van der Waals surface area contributed by atoms with E-state index in [0.717, 1.165) is 15.5 Å². The Balaban J connectivity index is 3.07. The van der Waals surface area contributed by atoms with Gasteiger partial charge in [-0.1, -0.05) is 18.2 Å². The van der Waals surface area contributed by atoms with Crippen molar-refractivity contribution in [3.8, 4) is 0 Å². The smallest absolute Gasteiger partial charge is 0.326 e. The first-order valence-electron chi connectivity index (χ1n) is 4.95. The van der Waals surface area contributed by atoms with Crippen LogP contribution in [0.25, 0.3) is 10.8 Å². The average Bonchev–Trinajstić information content (AvgIpc) is 2.26. The largest absolute Gasteiger partial charge is 0.351 e. The van der Waals surface area contributed by atoms with Gasteiger partial charge in [-0.2, -0.15) is 0 Å². The molecule has 0 spiro atoms. The van der Waals surface area contributed by atoms with Crippen molar-refractivity contribution in [1.29, 1.82) is 0 Å². The van der Waals surface area contributed by atoms with Crippen LogP contribution in [0.2, 0.25) is 0 Å². The molecule has 2 aromatic rings. The zero-order chi connectivity index (χ0) is 11.9. The minimum atomic E-state index is -0.739. The molecule has 1 aromatic heterocycles. The third-order valence-corrected chi connectivity index (χ3v) is 2.86. The molecule has 0 saturated carbocycles. The predicted molar refractivity (Wildman–Crippen MR) is 62.7 cm³/mol. The maximum absolute atomic E-state index is 12.0. The van der Waals surface area contributed by atoms with Crippen LogP contribution < -0.4 is 11.3 Å². The van der Waals surface area contributed by atoms with E-state index in [4.69, 9.17) is 5.73 Å². The van der Waals surface area contributed by atoms with Crippen LogP contribution >= 0.6 is 0 Å². The number of primary amides is 1. The van der Waals surface area contributed by atoms with Crippen molar-refractivity contribution in [3.63, 3.8) is 0 Å². The summed E-state index contributed by atoms with van der Waals surface area (Å²) in [5.41, 5.74) is 6.33. The highest BCUT2D eigenvalue weighted by Crippen LogP contribution is 2.17. The van der Waals surface area contributed by atoms with Crippen molar-refractivity contribution in [3.05, 3.63) is 45.9 Å². The summed E-state index contributed by atoms with van der Waals surface area (Å²) in [5, 5.41) is 1.38. The van der Waals surface area contributed by atoms with E-state index in [1.165, 1.54) is 0 Å². The van der Waals surface area contributed by atoms with Gasteiger partial charge in [0.2, 0.25) is 0 Å². The number of pyridine rings is 1. The SMILES string of the molecule is Cc1c(C)n(C(N)=O)c(=O)c2ccccc12. The third-order valence-electron chi connectivity index (χ3n) is 2.86. The molecule has 4 heteroatoms. The van der Waals surface area contributed by atoms with Crippen molar-refractivity contribution in [1.82, 2.24) is 4.57 Å². The minimum absolute atomic E-state index is 0.355. The molecule has 82 valence electrons. The second kappa shape index (κ2) is 3.48. The van der Waals surface area contributed by atoms with Gasteiger partial charge in [0.15, 0.2) is 0 Å². The number of hydrogen-bond donors (Lipinski definition) is 1. The number of benzene rings is 1. The first-order chi connectivity index (χ1) is 7.54. The molecule has 0 unspecified atom stereocenters. The van der Waals surface area contributed by atoms with E-state index in [-0.39, 0.29) is 5.56 Å². The van der Waals surface area contributed by atoms with Crippen molar-refractivity contribution >= 4 is 16.8 Å². The summed E-state index contributed by atoms with van der Waals surface area (Å²) in [6.07, 6.45) is 0. The Morgan fingerprint density at radius 3 is 2.31 bits per heavy atom. The number of nitrogens with zero attached hydrogens (tertiary/aromatic N) is 1. The fraction of sp³-hybridized carbons (Fsp3) is 0.167. The van der Waals surface area contributed by atoms with E-state index >= 15 is 0 Å². The van der Waals surface area contributed by atoms with Crippen LogP contribution in [0.15, 0.2) is 29.1 Å². The van der Waals surface area contributed by atoms with E-state index in [0.29, 0.717) is 11.1 Å². The summed E-state index contributed by atoms with van der Waals surface area (Å²) < 4.78 is 1.01. The third kappa shape index (κ3) is 1.31. The quantitative estimate of drug-likeness (QED) is 0.726. The molecule has 0 bridgehead atoms. The molecule has 0 aliphatic carbocycles. The Morgan fingerprint density at radius 1 is 1.19 bits per heavy atom. The normalized spacial score (nSPS) is 10.6. The minimum Gasteiger partial charge on any atom is -0.351 e. The van der Waals surface area contributed by atoms with Gasteiger partial charge in [0.05, 0.1) is 0 Å². The fourth-order valence-electron chi connectivity index (χ4n) is 1.90. The summed E-state index contributed by atoms with van der Waals surface area (Å²) in [6, 6.07) is 6.46. The number of amides is 1. The van der Waals surface area contributed by atoms with E-state index in [1.807, 2.05) is 19.1 Å². The molecule has 0 fully saturated rings. The molecule has 2 N–H and O–H groups in total. The first-order valence-corrected chi connectivity index (χ1v) is 4.95. The number of carbonyl (C=O) groups is 1. The van der Waals surface area contributed by atoms with Crippen LogP contribution in [-0.2, 0) is 0 Å². The Kier molecular flexibility index (Phi) is 2.27. The summed E-state index contributed by atoms with van der Waals surface area (Å²) in [6.45, 7) is 3.59. The van der Waals surface area contributed by atoms with Crippen LogP contribution in [0.1, 0.15) is 11.3 Å². The Bertz CT molecular complexity index is 641. The zero-order valence-electron chi connectivity index (χ0n) is 9.15. The molecule has 2 rings (SSSR count). The van der Waals surface area contributed by atoms with Crippen LogP contribution in [0.5, 0.6) is 0 Å². The Hall–Kier alpha value is -2.10. The Labute approximate surface area is 92.3 Å². The molecule has 4 nitrogen and oxygen atoms in total. The first kappa shape index (κ1) is 10.4. The highest BCUT2D eigenvalue weighted by atomic mass is 16.2. The van der Waals surface area contributed by atoms with Crippen LogP contribution in [-0.4, -0.2) is 10.6 Å². The molecule has 0 aliphatic rings. The molecule has 0 saturated heterocycles. The van der Waals surface area contributed by atoms with E-state index in [9.17, 15) is 9.59 Å². The lowest BCUT2D eigenvalue weighted by atomic mass is 10.1. The molecular formula is C12H12N2O2. The fourth-order valence-corrected chi connectivity index (χ4v) is 1.90. The van der Waals surface area contributed by atoms with Crippen molar-refractivity contribution in [2.24, 2.45) is 5.73 Å². The lowest BCUT2D eigenvalue weighted by Crippen LogP contribution is -2.34. The van der Waals surface area contributed by atoms with Gasteiger partial charge in [0.1, 0.15) is 0 Å². The second-order valence-electron chi connectivity index (χ2n) is 3.73. The predicted octanol–water partition coefficient (Wildman–Crippen LogP) is 1.55. The molecule has 0 atom stereocenters. The van der Waals surface area contributed by atoms with Gasteiger partial charge < -0.3 is 5.73 Å². The van der Waals surface area contributed by atoms with Crippen LogP contribution in [0.4, 0.5) is 4.79 Å². The molecule has 1 amide bonds. The van der Waals surface area contributed by atoms with Gasteiger partial charge in [-0.15, -0.1) is 0 Å². The molecule has 0 radical (unpaired) electrons. The molecule has 16 heavy (non-hydrogen) atoms. The number of carbonyl (C=O) groups excluding carboxylic acids is 1. The van der Waals surface area contributed by atoms with Gasteiger partial charge >= 0.3 is 6.03 Å². The number of rotatable bonds is 0. The highest BCUT2D eigenvalue weighted by molar-refractivity contribution is 5.88. The molecular weight excluding hydrogens is 204 g/mol. The Morgan fingerprint density at radius 2 is 1.75 bits per heavy atom. The number of fused-ring (bicyclic) bond motifs is 1. The molecule has 1 heterocycles. The monoisotopic (exact) mass is 216 g/mol. The van der Waals surface area contributed by atoms with Crippen molar-refractivity contribution in [2.75, 3.05) is 0 Å². The van der Waals surface area contributed by atoms with Gasteiger partial charge in [-0.25, -0.2) is 9.36 Å². The highest BCUT2D eigenvalue weighted by Gasteiger charge is 2.13. The summed E-state index contributed by atoms with van der Waals surface area (Å²) in [5.74, 6) is 0. The zero-order valence-corrected chi connectivity index (χ0v) is 9.15. The second-order valence-corrected chi connectivity index (χ2v) is 3.73. The lowest BCUT2D eigenvalue weighted by Gasteiger charge is -2.11. The maximum atomic E-state index is 12.0. The number of nitrogens with two attached hydrogens (primary N) is 1. The van der Waals surface area contributed by atoms with Crippen LogP contribution in [0, 0.1) is 13.8 Å². The van der Waals surface area contributed by atoms with E-state index in [2.05, 4.69) is 0 Å². The van der Waals surface area contributed by atoms with Gasteiger partial charge in [0, 0.05) is 11.1 Å². The van der Waals surface area contributed by atoms with Crippen molar-refractivity contribution < 1.29 is 4.79 Å². The van der Waals surface area contributed by atoms with Gasteiger partial charge in [-0.3, -0.25) is 4.79 Å². The molecule has 0 aliphatic heterocycles. The standard InChI is InChI=1S/C12H12N2O2/c1-7-8(2)14(12(13)16)11(15)10-6-4-3-5-9(7)10/h3-6H,1-2H3,(H2,13,16). The summed E-state index contributed by atoms with van der Waals surface area (Å²) in [7, 11) is 0. The lowest BCUT2D eigenvalue weighted by molar-refractivity contribution is 0.249. The van der Waals surface area contributed by atoms with E-state index in [1.54, 1.807) is 19.1 Å².